The molecule has 2 fully saturated rings. The number of carbonyl (C=O) groups excluding carboxylic acids is 1. The van der Waals surface area contributed by atoms with Gasteiger partial charge in [-0.3, -0.25) is 9.69 Å². The fourth-order valence-electron chi connectivity index (χ4n) is 3.05. The highest BCUT2D eigenvalue weighted by Crippen LogP contribution is 2.30. The van der Waals surface area contributed by atoms with Crippen LogP contribution in [0.15, 0.2) is 30.3 Å². The molecule has 2 aliphatic rings. The SMILES string of the molecule is O=C(CN1CCC(Cc2ccccc2)CC1)C1CC1. The number of likely N-dealkylation sites (tertiary alicyclic amines) is 1. The molecule has 0 N–H and O–H groups in total. The number of hydrogen-bond acceptors (Lipinski definition) is 2. The Hall–Kier alpha value is -1.15. The van der Waals surface area contributed by atoms with E-state index < -0.39 is 0 Å². The molecule has 0 unspecified atom stereocenters. The van der Waals surface area contributed by atoms with Gasteiger partial charge in [0.05, 0.1) is 6.54 Å². The molecule has 1 saturated carbocycles. The number of nitrogens with zero attached hydrogens (tertiary/aromatic N) is 1. The summed E-state index contributed by atoms with van der Waals surface area (Å²) in [5.74, 6) is 1.71. The van der Waals surface area contributed by atoms with Crippen molar-refractivity contribution in [3.63, 3.8) is 0 Å². The summed E-state index contributed by atoms with van der Waals surface area (Å²) in [6.07, 6.45) is 5.97. The zero-order valence-corrected chi connectivity index (χ0v) is 11.6. The molecule has 1 aromatic rings. The van der Waals surface area contributed by atoms with Gasteiger partial charge < -0.3 is 0 Å². The molecule has 0 bridgehead atoms. The first-order valence-corrected chi connectivity index (χ1v) is 7.60. The van der Waals surface area contributed by atoms with E-state index in [1.165, 1.54) is 24.8 Å². The maximum absolute atomic E-state index is 11.8. The van der Waals surface area contributed by atoms with E-state index in [2.05, 4.69) is 35.2 Å². The van der Waals surface area contributed by atoms with Crippen LogP contribution in [-0.4, -0.2) is 30.3 Å². The number of rotatable bonds is 5. The molecule has 2 nitrogen and oxygen atoms in total. The van der Waals surface area contributed by atoms with Crippen molar-refractivity contribution in [1.29, 1.82) is 0 Å². The quantitative estimate of drug-likeness (QED) is 0.808. The summed E-state index contributed by atoms with van der Waals surface area (Å²) in [5.41, 5.74) is 1.45. The molecule has 0 aromatic heterocycles. The lowest BCUT2D eigenvalue weighted by molar-refractivity contribution is -0.121. The Balaban J connectivity index is 1.43. The van der Waals surface area contributed by atoms with Gasteiger partial charge in [0.15, 0.2) is 0 Å². The Morgan fingerprint density at radius 1 is 1.05 bits per heavy atom. The van der Waals surface area contributed by atoms with Crippen LogP contribution in [0.3, 0.4) is 0 Å². The number of hydrogen-bond donors (Lipinski definition) is 0. The monoisotopic (exact) mass is 257 g/mol. The first-order chi connectivity index (χ1) is 9.31. The smallest absolute Gasteiger partial charge is 0.149 e. The first kappa shape index (κ1) is 12.9. The highest BCUT2D eigenvalue weighted by atomic mass is 16.1. The molecule has 0 atom stereocenters. The van der Waals surface area contributed by atoms with Crippen molar-refractivity contribution in [2.24, 2.45) is 11.8 Å². The van der Waals surface area contributed by atoms with Gasteiger partial charge in [-0.25, -0.2) is 0 Å². The fraction of sp³-hybridized carbons (Fsp3) is 0.588. The van der Waals surface area contributed by atoms with Gasteiger partial charge in [-0.1, -0.05) is 30.3 Å². The highest BCUT2D eigenvalue weighted by molar-refractivity contribution is 5.84. The summed E-state index contributed by atoms with van der Waals surface area (Å²) in [7, 11) is 0. The molecule has 19 heavy (non-hydrogen) atoms. The van der Waals surface area contributed by atoms with Gasteiger partial charge in [-0.05, 0) is 56.7 Å². The van der Waals surface area contributed by atoms with Gasteiger partial charge in [-0.15, -0.1) is 0 Å². The number of ketones is 1. The second kappa shape index (κ2) is 5.87. The molecule has 1 aliphatic heterocycles. The summed E-state index contributed by atoms with van der Waals surface area (Å²) in [6, 6.07) is 10.8. The van der Waals surface area contributed by atoms with Crippen molar-refractivity contribution in [1.82, 2.24) is 4.90 Å². The van der Waals surface area contributed by atoms with Crippen LogP contribution in [-0.2, 0) is 11.2 Å². The Bertz CT molecular complexity index is 416. The topological polar surface area (TPSA) is 20.3 Å². The molecule has 1 saturated heterocycles. The molecule has 0 amide bonds. The molecule has 1 aromatic carbocycles. The standard InChI is InChI=1S/C17H23NO/c19-17(16-6-7-16)13-18-10-8-15(9-11-18)12-14-4-2-1-3-5-14/h1-5,15-16H,6-13H2. The van der Waals surface area contributed by atoms with Crippen molar-refractivity contribution in [2.45, 2.75) is 32.1 Å². The molecule has 3 rings (SSSR count). The Morgan fingerprint density at radius 3 is 2.37 bits per heavy atom. The lowest BCUT2D eigenvalue weighted by atomic mass is 9.90. The van der Waals surface area contributed by atoms with Crippen LogP contribution >= 0.6 is 0 Å². The third-order valence-corrected chi connectivity index (χ3v) is 4.49. The third-order valence-electron chi connectivity index (χ3n) is 4.49. The molecular weight excluding hydrogens is 234 g/mol. The maximum Gasteiger partial charge on any atom is 0.149 e. The highest BCUT2D eigenvalue weighted by Gasteiger charge is 2.31. The number of carbonyl (C=O) groups is 1. The number of benzene rings is 1. The minimum Gasteiger partial charge on any atom is -0.298 e. The van der Waals surface area contributed by atoms with E-state index in [0.717, 1.165) is 31.8 Å². The molecule has 0 radical (unpaired) electrons. The van der Waals surface area contributed by atoms with Crippen molar-refractivity contribution in [3.05, 3.63) is 35.9 Å². The summed E-state index contributed by atoms with van der Waals surface area (Å²) in [6.45, 7) is 2.93. The van der Waals surface area contributed by atoms with Crippen LogP contribution in [0.4, 0.5) is 0 Å². The molecule has 0 spiro atoms. The van der Waals surface area contributed by atoms with Crippen molar-refractivity contribution >= 4 is 5.78 Å². The Morgan fingerprint density at radius 2 is 1.74 bits per heavy atom. The Kier molecular flexibility index (Phi) is 3.97. The largest absolute Gasteiger partial charge is 0.298 e. The third kappa shape index (κ3) is 3.66. The summed E-state index contributed by atoms with van der Waals surface area (Å²) < 4.78 is 0. The van der Waals surface area contributed by atoms with Gasteiger partial charge in [0, 0.05) is 5.92 Å². The zero-order valence-electron chi connectivity index (χ0n) is 11.6. The van der Waals surface area contributed by atoms with Crippen molar-refractivity contribution in [3.8, 4) is 0 Å². The summed E-state index contributed by atoms with van der Waals surface area (Å²) >= 11 is 0. The Labute approximate surface area is 115 Å². The summed E-state index contributed by atoms with van der Waals surface area (Å²) in [5, 5.41) is 0. The molecule has 102 valence electrons. The van der Waals surface area contributed by atoms with E-state index in [1.807, 2.05) is 0 Å². The van der Waals surface area contributed by atoms with Crippen LogP contribution in [0.25, 0.3) is 0 Å². The van der Waals surface area contributed by atoms with Gasteiger partial charge in [0.1, 0.15) is 5.78 Å². The average molecular weight is 257 g/mol. The van der Waals surface area contributed by atoms with Gasteiger partial charge in [0.25, 0.3) is 0 Å². The van der Waals surface area contributed by atoms with Crippen LogP contribution in [0, 0.1) is 11.8 Å². The minimum atomic E-state index is 0.419. The molecule has 2 heteroatoms. The van der Waals surface area contributed by atoms with E-state index >= 15 is 0 Å². The van der Waals surface area contributed by atoms with Crippen LogP contribution in [0.2, 0.25) is 0 Å². The van der Waals surface area contributed by atoms with E-state index in [-0.39, 0.29) is 0 Å². The minimum absolute atomic E-state index is 0.419. The first-order valence-electron chi connectivity index (χ1n) is 7.60. The van der Waals surface area contributed by atoms with Crippen molar-refractivity contribution in [2.75, 3.05) is 19.6 Å². The maximum atomic E-state index is 11.8. The van der Waals surface area contributed by atoms with Crippen molar-refractivity contribution < 1.29 is 4.79 Å². The second-order valence-corrected chi connectivity index (χ2v) is 6.15. The van der Waals surface area contributed by atoms with E-state index in [1.54, 1.807) is 0 Å². The second-order valence-electron chi connectivity index (χ2n) is 6.15. The average Bonchev–Trinajstić information content (AvgIpc) is 3.27. The molecule has 1 aliphatic carbocycles. The van der Waals surface area contributed by atoms with Crippen LogP contribution in [0.1, 0.15) is 31.2 Å². The number of piperidine rings is 1. The van der Waals surface area contributed by atoms with Gasteiger partial charge >= 0.3 is 0 Å². The van der Waals surface area contributed by atoms with E-state index in [9.17, 15) is 4.79 Å². The van der Waals surface area contributed by atoms with Gasteiger partial charge in [-0.2, -0.15) is 0 Å². The van der Waals surface area contributed by atoms with Crippen LogP contribution in [0.5, 0.6) is 0 Å². The lowest BCUT2D eigenvalue weighted by Crippen LogP contribution is -2.38. The van der Waals surface area contributed by atoms with E-state index in [4.69, 9.17) is 0 Å². The van der Waals surface area contributed by atoms with E-state index in [0.29, 0.717) is 18.2 Å². The normalized spacial score (nSPS) is 21.5. The molecule has 1 heterocycles. The van der Waals surface area contributed by atoms with Crippen LogP contribution < -0.4 is 0 Å². The number of Topliss-reactive ketones (excluding diaryl/α,β-unsaturated/α-hetero) is 1. The fourth-order valence-corrected chi connectivity index (χ4v) is 3.05. The molecular formula is C17H23NO. The lowest BCUT2D eigenvalue weighted by Gasteiger charge is -2.31. The summed E-state index contributed by atoms with van der Waals surface area (Å²) in [4.78, 5) is 14.2. The van der Waals surface area contributed by atoms with Gasteiger partial charge in [0.2, 0.25) is 0 Å². The predicted molar refractivity (Wildman–Crippen MR) is 77.0 cm³/mol. The zero-order chi connectivity index (χ0) is 13.1. The predicted octanol–water partition coefficient (Wildman–Crippen LogP) is 2.92.